The van der Waals surface area contributed by atoms with Gasteiger partial charge in [0.05, 0.1) is 11.4 Å². The summed E-state index contributed by atoms with van der Waals surface area (Å²) in [5.41, 5.74) is 5.30. The monoisotopic (exact) mass is 572 g/mol. The van der Waals surface area contributed by atoms with E-state index < -0.39 is 11.0 Å². The Bertz CT molecular complexity index is 1530. The molecule has 3 atom stereocenters. The van der Waals surface area contributed by atoms with Crippen LogP contribution in [0.15, 0.2) is 90.1 Å². The Kier molecular flexibility index (Phi) is 8.52. The van der Waals surface area contributed by atoms with Crippen molar-refractivity contribution in [3.05, 3.63) is 114 Å². The van der Waals surface area contributed by atoms with Gasteiger partial charge in [0.1, 0.15) is 22.6 Å². The minimum absolute atomic E-state index is 0.0511. The van der Waals surface area contributed by atoms with Crippen LogP contribution in [0.4, 0.5) is 10.1 Å². The van der Waals surface area contributed by atoms with E-state index in [1.165, 1.54) is 53.8 Å². The summed E-state index contributed by atoms with van der Waals surface area (Å²) in [6.45, 7) is 5.16. The highest BCUT2D eigenvalue weighted by atomic mass is 32.2. The van der Waals surface area contributed by atoms with Crippen molar-refractivity contribution in [2.75, 3.05) is 4.90 Å². The van der Waals surface area contributed by atoms with Crippen LogP contribution in [0.25, 0.3) is 0 Å². The lowest BCUT2D eigenvalue weighted by molar-refractivity contribution is -0.120. The van der Waals surface area contributed by atoms with E-state index in [1.54, 1.807) is 6.20 Å². The molecule has 0 radical (unpaired) electrons. The molecule has 1 saturated carbocycles. The van der Waals surface area contributed by atoms with Crippen LogP contribution in [0.2, 0.25) is 0 Å². The molecule has 214 valence electrons. The number of aromatic nitrogens is 2. The third-order valence-electron chi connectivity index (χ3n) is 8.25. The molecule has 6 rings (SSSR count). The minimum atomic E-state index is -1.50. The van der Waals surface area contributed by atoms with Gasteiger partial charge in [-0.25, -0.2) is 18.7 Å². The van der Waals surface area contributed by atoms with Gasteiger partial charge in [0.15, 0.2) is 0 Å². The maximum Gasteiger partial charge on any atom is 0.231 e. The van der Waals surface area contributed by atoms with Crippen molar-refractivity contribution in [1.82, 2.24) is 9.55 Å². The van der Waals surface area contributed by atoms with Crippen molar-refractivity contribution in [2.24, 2.45) is 18.1 Å². The number of hydrogen-bond donors (Lipinski definition) is 1. The summed E-state index contributed by atoms with van der Waals surface area (Å²) in [5.74, 6) is 1.15. The van der Waals surface area contributed by atoms with Crippen LogP contribution in [0, 0.1) is 11.7 Å². The lowest BCUT2D eigenvalue weighted by Crippen LogP contribution is -2.33. The molecule has 1 amide bonds. The van der Waals surface area contributed by atoms with Crippen molar-refractivity contribution >= 4 is 22.6 Å². The molecule has 2 N–H and O–H groups in total. The largest absolute Gasteiger partial charge is 0.337 e. The lowest BCUT2D eigenvalue weighted by Gasteiger charge is -2.34. The summed E-state index contributed by atoms with van der Waals surface area (Å²) in [5, 5.41) is 5.01. The van der Waals surface area contributed by atoms with Gasteiger partial charge in [-0.05, 0) is 90.1 Å². The number of carbonyl (C=O) groups is 1. The topological polar surface area (TPSA) is 81.2 Å². The molecule has 0 spiro atoms. The zero-order valence-corrected chi connectivity index (χ0v) is 24.6. The third kappa shape index (κ3) is 6.66. The van der Waals surface area contributed by atoms with Crippen molar-refractivity contribution in [3.8, 4) is 0 Å². The Morgan fingerprint density at radius 1 is 1.12 bits per heavy atom. The Morgan fingerprint density at radius 3 is 2.51 bits per heavy atom. The number of anilines is 1. The molecular weight excluding hydrogens is 535 g/mol. The second kappa shape index (κ2) is 12.1. The van der Waals surface area contributed by atoms with E-state index in [0.717, 1.165) is 24.4 Å². The third-order valence-corrected chi connectivity index (χ3v) is 8.98. The zero-order chi connectivity index (χ0) is 29.1. The molecule has 4 aromatic rings. The second-order valence-corrected chi connectivity index (χ2v) is 12.6. The zero-order valence-electron chi connectivity index (χ0n) is 23.8. The van der Waals surface area contributed by atoms with E-state index in [-0.39, 0.29) is 23.1 Å². The maximum atomic E-state index is 13.7. The highest BCUT2D eigenvalue weighted by molar-refractivity contribution is 7.82. The molecule has 2 aliphatic carbocycles. The molecular formula is C33H37FN4O2S. The van der Waals surface area contributed by atoms with Crippen LogP contribution in [-0.2, 0) is 41.2 Å². The van der Waals surface area contributed by atoms with E-state index >= 15 is 0 Å². The molecule has 0 aliphatic heterocycles. The predicted octanol–water partition coefficient (Wildman–Crippen LogP) is 6.18. The van der Waals surface area contributed by atoms with Crippen molar-refractivity contribution in [3.63, 3.8) is 0 Å². The number of aryl methyl sites for hydroxylation is 2. The van der Waals surface area contributed by atoms with E-state index in [1.807, 2.05) is 28.8 Å². The van der Waals surface area contributed by atoms with Gasteiger partial charge in [0.2, 0.25) is 5.91 Å². The van der Waals surface area contributed by atoms with Gasteiger partial charge in [-0.3, -0.25) is 4.79 Å². The number of carbonyl (C=O) groups excluding carboxylic acids is 1. The SMILES string of the molecule is Cn1ccnc1CN(C(=O)C1CC1c1ccccc1)c1ccc2c(c1)CCCC2(C)C.NS(=O)c1ccc(F)cc1. The number of halogens is 1. The normalized spacial score (nSPS) is 19.3. The Labute approximate surface area is 244 Å². The fraction of sp³-hybridized carbons (Fsp3) is 0.333. The number of benzene rings is 3. The van der Waals surface area contributed by atoms with Gasteiger partial charge in [-0.2, -0.15) is 0 Å². The molecule has 3 unspecified atom stereocenters. The first kappa shape index (κ1) is 28.9. The van der Waals surface area contributed by atoms with Crippen LogP contribution in [0.1, 0.15) is 61.5 Å². The second-order valence-electron chi connectivity index (χ2n) is 11.6. The number of hydrogen-bond acceptors (Lipinski definition) is 3. The van der Waals surface area contributed by atoms with Crippen molar-refractivity contribution in [2.45, 2.75) is 62.3 Å². The van der Waals surface area contributed by atoms with Gasteiger partial charge in [-0.15, -0.1) is 0 Å². The van der Waals surface area contributed by atoms with Crippen LogP contribution in [0.3, 0.4) is 0 Å². The first-order chi connectivity index (χ1) is 19.6. The lowest BCUT2D eigenvalue weighted by atomic mass is 9.73. The molecule has 1 heterocycles. The van der Waals surface area contributed by atoms with Gasteiger partial charge >= 0.3 is 0 Å². The Morgan fingerprint density at radius 2 is 1.85 bits per heavy atom. The molecule has 1 aromatic heterocycles. The molecule has 0 saturated heterocycles. The first-order valence-corrected chi connectivity index (χ1v) is 15.2. The van der Waals surface area contributed by atoms with Gasteiger partial charge in [0, 0.05) is 31.0 Å². The average molecular weight is 573 g/mol. The van der Waals surface area contributed by atoms with Crippen molar-refractivity contribution in [1.29, 1.82) is 0 Å². The molecule has 3 aromatic carbocycles. The standard InChI is InChI=1S/C27H31N3O.C6H6FNOS/c1-27(2)13-7-10-20-16-21(11-12-24(20)27)30(18-25-28-14-15-29(25)3)26(31)23-17-22(23)19-8-5-4-6-9-19;7-5-1-3-6(4-2-5)10(8)9/h4-6,8-9,11-12,14-16,22-23H,7,10,13,17-18H2,1-3H3;1-4H,8H2. The van der Waals surface area contributed by atoms with E-state index in [0.29, 0.717) is 17.4 Å². The minimum Gasteiger partial charge on any atom is -0.337 e. The summed E-state index contributed by atoms with van der Waals surface area (Å²) in [4.78, 5) is 20.6. The van der Waals surface area contributed by atoms with Gasteiger partial charge < -0.3 is 9.47 Å². The number of amides is 1. The fourth-order valence-electron chi connectivity index (χ4n) is 5.76. The summed E-state index contributed by atoms with van der Waals surface area (Å²) in [6, 6.07) is 22.3. The molecule has 0 bridgehead atoms. The predicted molar refractivity (Wildman–Crippen MR) is 161 cm³/mol. The van der Waals surface area contributed by atoms with E-state index in [9.17, 15) is 13.4 Å². The number of fused-ring (bicyclic) bond motifs is 1. The number of nitrogens with two attached hydrogens (primary N) is 1. The van der Waals surface area contributed by atoms with Crippen LogP contribution >= 0.6 is 0 Å². The number of nitrogens with zero attached hydrogens (tertiary/aromatic N) is 3. The van der Waals surface area contributed by atoms with Crippen LogP contribution in [-0.4, -0.2) is 19.7 Å². The molecule has 2 aliphatic rings. The van der Waals surface area contributed by atoms with Crippen molar-refractivity contribution < 1.29 is 13.4 Å². The van der Waals surface area contributed by atoms with Gasteiger partial charge in [0.25, 0.3) is 0 Å². The summed E-state index contributed by atoms with van der Waals surface area (Å²) < 4.78 is 24.7. The quantitative estimate of drug-likeness (QED) is 0.300. The molecule has 1 fully saturated rings. The summed E-state index contributed by atoms with van der Waals surface area (Å²) in [6.07, 6.45) is 8.19. The highest BCUT2D eigenvalue weighted by Gasteiger charge is 2.46. The Hall–Kier alpha value is -3.62. The highest BCUT2D eigenvalue weighted by Crippen LogP contribution is 2.49. The van der Waals surface area contributed by atoms with E-state index in [4.69, 9.17) is 5.14 Å². The summed E-state index contributed by atoms with van der Waals surface area (Å²) >= 11 is 0. The smallest absolute Gasteiger partial charge is 0.231 e. The molecule has 6 nitrogen and oxygen atoms in total. The van der Waals surface area contributed by atoms with Gasteiger partial charge in [-0.1, -0.05) is 50.2 Å². The average Bonchev–Trinajstić information content (AvgIpc) is 3.66. The molecule has 8 heteroatoms. The Balaban J connectivity index is 0.000000287. The molecule has 41 heavy (non-hydrogen) atoms. The first-order valence-electron chi connectivity index (χ1n) is 14.0. The number of rotatable bonds is 6. The maximum absolute atomic E-state index is 13.7. The van der Waals surface area contributed by atoms with E-state index in [2.05, 4.69) is 61.3 Å². The van der Waals surface area contributed by atoms with Crippen LogP contribution in [0.5, 0.6) is 0 Å². The fourth-order valence-corrected chi connectivity index (χ4v) is 6.17. The summed E-state index contributed by atoms with van der Waals surface area (Å²) in [7, 11) is 0.486. The van der Waals surface area contributed by atoms with Crippen LogP contribution < -0.4 is 10.0 Å². The number of imidazole rings is 1.